The summed E-state index contributed by atoms with van der Waals surface area (Å²) in [5.41, 5.74) is -0.102. The SMILES string of the molecule is CC(C)(C)Oc1ccc(Oc2ccc(F)cc2C=O)cc1. The summed E-state index contributed by atoms with van der Waals surface area (Å²) in [4.78, 5) is 10.9. The molecule has 3 nitrogen and oxygen atoms in total. The maximum atomic E-state index is 13.1. The van der Waals surface area contributed by atoms with Gasteiger partial charge in [0.25, 0.3) is 0 Å². The smallest absolute Gasteiger partial charge is 0.153 e. The van der Waals surface area contributed by atoms with Crippen molar-refractivity contribution in [2.24, 2.45) is 0 Å². The zero-order valence-corrected chi connectivity index (χ0v) is 12.2. The lowest BCUT2D eigenvalue weighted by Crippen LogP contribution is -2.22. The monoisotopic (exact) mass is 288 g/mol. The maximum Gasteiger partial charge on any atom is 0.153 e. The van der Waals surface area contributed by atoms with Crippen molar-refractivity contribution in [2.75, 3.05) is 0 Å². The van der Waals surface area contributed by atoms with Crippen LogP contribution in [0, 0.1) is 5.82 Å². The predicted molar refractivity (Wildman–Crippen MR) is 78.7 cm³/mol. The van der Waals surface area contributed by atoms with Gasteiger partial charge in [-0.3, -0.25) is 4.79 Å². The van der Waals surface area contributed by atoms with Crippen LogP contribution >= 0.6 is 0 Å². The van der Waals surface area contributed by atoms with Crippen LogP contribution in [0.3, 0.4) is 0 Å². The molecule has 21 heavy (non-hydrogen) atoms. The van der Waals surface area contributed by atoms with Crippen molar-refractivity contribution in [1.29, 1.82) is 0 Å². The first-order valence-corrected chi connectivity index (χ1v) is 6.59. The molecule has 4 heteroatoms. The molecule has 0 unspecified atom stereocenters. The minimum Gasteiger partial charge on any atom is -0.488 e. The summed E-state index contributed by atoms with van der Waals surface area (Å²) in [5.74, 6) is 1.12. The van der Waals surface area contributed by atoms with Gasteiger partial charge in [-0.25, -0.2) is 4.39 Å². The Morgan fingerprint density at radius 1 is 1.00 bits per heavy atom. The second-order valence-electron chi connectivity index (χ2n) is 5.59. The van der Waals surface area contributed by atoms with Crippen molar-refractivity contribution in [3.8, 4) is 17.2 Å². The number of ether oxygens (including phenoxy) is 2. The normalized spacial score (nSPS) is 11.0. The highest BCUT2D eigenvalue weighted by Crippen LogP contribution is 2.27. The first-order chi connectivity index (χ1) is 9.87. The van der Waals surface area contributed by atoms with E-state index in [1.54, 1.807) is 24.3 Å². The summed E-state index contributed by atoms with van der Waals surface area (Å²) in [6.07, 6.45) is 0.565. The number of hydrogen-bond acceptors (Lipinski definition) is 3. The predicted octanol–water partition coefficient (Wildman–Crippen LogP) is 4.61. The largest absolute Gasteiger partial charge is 0.488 e. The molecule has 0 spiro atoms. The molecule has 0 saturated heterocycles. The van der Waals surface area contributed by atoms with Crippen LogP contribution in [-0.2, 0) is 0 Å². The quantitative estimate of drug-likeness (QED) is 0.771. The van der Waals surface area contributed by atoms with Crippen molar-refractivity contribution in [2.45, 2.75) is 26.4 Å². The van der Waals surface area contributed by atoms with E-state index in [9.17, 15) is 9.18 Å². The van der Waals surface area contributed by atoms with E-state index in [2.05, 4.69) is 0 Å². The van der Waals surface area contributed by atoms with E-state index in [4.69, 9.17) is 9.47 Å². The van der Waals surface area contributed by atoms with E-state index >= 15 is 0 Å². The Hall–Kier alpha value is -2.36. The summed E-state index contributed by atoms with van der Waals surface area (Å²) in [7, 11) is 0. The number of carbonyl (C=O) groups excluding carboxylic acids is 1. The highest BCUT2D eigenvalue weighted by Gasteiger charge is 2.12. The fourth-order valence-electron chi connectivity index (χ4n) is 1.76. The fraction of sp³-hybridized carbons (Fsp3) is 0.235. The Labute approximate surface area is 123 Å². The highest BCUT2D eigenvalue weighted by molar-refractivity contribution is 5.79. The van der Waals surface area contributed by atoms with Gasteiger partial charge in [-0.05, 0) is 63.2 Å². The van der Waals surface area contributed by atoms with Crippen molar-refractivity contribution < 1.29 is 18.7 Å². The molecule has 0 aromatic heterocycles. The van der Waals surface area contributed by atoms with Crippen molar-refractivity contribution in [3.05, 3.63) is 53.8 Å². The number of aldehydes is 1. The summed E-state index contributed by atoms with van der Waals surface area (Å²) >= 11 is 0. The Balaban J connectivity index is 2.15. The van der Waals surface area contributed by atoms with Gasteiger partial charge in [-0.15, -0.1) is 0 Å². The van der Waals surface area contributed by atoms with E-state index in [0.29, 0.717) is 17.8 Å². The zero-order valence-electron chi connectivity index (χ0n) is 12.2. The van der Waals surface area contributed by atoms with Crippen molar-refractivity contribution >= 4 is 6.29 Å². The molecule has 2 aromatic rings. The highest BCUT2D eigenvalue weighted by atomic mass is 19.1. The summed E-state index contributed by atoms with van der Waals surface area (Å²) < 4.78 is 24.3. The molecule has 0 N–H and O–H groups in total. The molecule has 0 saturated carbocycles. The molecule has 0 fully saturated rings. The van der Waals surface area contributed by atoms with Crippen LogP contribution in [0.4, 0.5) is 4.39 Å². The molecule has 0 atom stereocenters. The van der Waals surface area contributed by atoms with Crippen LogP contribution in [0.15, 0.2) is 42.5 Å². The fourth-order valence-corrected chi connectivity index (χ4v) is 1.76. The number of rotatable bonds is 4. The molecular formula is C17H17FO3. The molecular weight excluding hydrogens is 271 g/mol. The van der Waals surface area contributed by atoms with Gasteiger partial charge in [-0.1, -0.05) is 0 Å². The molecule has 0 heterocycles. The molecule has 0 aliphatic heterocycles. The van der Waals surface area contributed by atoms with E-state index in [-0.39, 0.29) is 11.2 Å². The molecule has 2 aromatic carbocycles. The molecule has 0 bridgehead atoms. The van der Waals surface area contributed by atoms with Crippen molar-refractivity contribution in [3.63, 3.8) is 0 Å². The zero-order chi connectivity index (χ0) is 15.5. The number of hydrogen-bond donors (Lipinski definition) is 0. The molecule has 110 valence electrons. The molecule has 0 aliphatic carbocycles. The third kappa shape index (κ3) is 4.31. The van der Waals surface area contributed by atoms with Gasteiger partial charge in [-0.2, -0.15) is 0 Å². The van der Waals surface area contributed by atoms with Gasteiger partial charge in [0, 0.05) is 0 Å². The maximum absolute atomic E-state index is 13.1. The lowest BCUT2D eigenvalue weighted by molar-refractivity contribution is 0.112. The first-order valence-electron chi connectivity index (χ1n) is 6.59. The molecule has 2 rings (SSSR count). The average molecular weight is 288 g/mol. The van der Waals surface area contributed by atoms with Crippen LogP contribution in [0.25, 0.3) is 0 Å². The van der Waals surface area contributed by atoms with E-state index in [0.717, 1.165) is 11.8 Å². The molecule has 0 amide bonds. The van der Waals surface area contributed by atoms with Crippen molar-refractivity contribution in [1.82, 2.24) is 0 Å². The van der Waals surface area contributed by atoms with Crippen LogP contribution in [0.5, 0.6) is 17.2 Å². The van der Waals surface area contributed by atoms with Gasteiger partial charge in [0.05, 0.1) is 5.56 Å². The van der Waals surface area contributed by atoms with E-state index < -0.39 is 5.82 Å². The van der Waals surface area contributed by atoms with Gasteiger partial charge >= 0.3 is 0 Å². The third-order valence-electron chi connectivity index (χ3n) is 2.57. The van der Waals surface area contributed by atoms with Crippen LogP contribution in [0.2, 0.25) is 0 Å². The van der Waals surface area contributed by atoms with Gasteiger partial charge in [0.1, 0.15) is 28.7 Å². The summed E-state index contributed by atoms with van der Waals surface area (Å²) in [6.45, 7) is 5.89. The Morgan fingerprint density at radius 3 is 2.19 bits per heavy atom. The van der Waals surface area contributed by atoms with E-state index in [1.165, 1.54) is 12.1 Å². The summed E-state index contributed by atoms with van der Waals surface area (Å²) in [5, 5.41) is 0. The average Bonchev–Trinajstić information content (AvgIpc) is 2.41. The Kier molecular flexibility index (Phi) is 4.26. The van der Waals surface area contributed by atoms with Crippen LogP contribution in [0.1, 0.15) is 31.1 Å². The standard InChI is InChI=1S/C17H17FO3/c1-17(2,3)21-15-7-5-14(6-8-15)20-16-9-4-13(18)10-12(16)11-19/h4-11H,1-3H3. The minimum absolute atomic E-state index is 0.171. The Bertz CT molecular complexity index is 627. The third-order valence-corrected chi connectivity index (χ3v) is 2.57. The summed E-state index contributed by atoms with van der Waals surface area (Å²) in [6, 6.07) is 10.9. The van der Waals surface area contributed by atoms with Gasteiger partial charge in [0.2, 0.25) is 0 Å². The van der Waals surface area contributed by atoms with Crippen LogP contribution in [-0.4, -0.2) is 11.9 Å². The number of benzene rings is 2. The van der Waals surface area contributed by atoms with Gasteiger partial charge < -0.3 is 9.47 Å². The lowest BCUT2D eigenvalue weighted by atomic mass is 10.2. The topological polar surface area (TPSA) is 35.5 Å². The number of halogens is 1. The lowest BCUT2D eigenvalue weighted by Gasteiger charge is -2.21. The van der Waals surface area contributed by atoms with Gasteiger partial charge in [0.15, 0.2) is 6.29 Å². The van der Waals surface area contributed by atoms with E-state index in [1.807, 2.05) is 20.8 Å². The molecule has 0 aliphatic rings. The molecule has 0 radical (unpaired) electrons. The second-order valence-corrected chi connectivity index (χ2v) is 5.59. The van der Waals surface area contributed by atoms with Crippen LogP contribution < -0.4 is 9.47 Å². The first kappa shape index (κ1) is 15.0. The number of carbonyl (C=O) groups is 1. The Morgan fingerprint density at radius 2 is 1.62 bits per heavy atom. The second kappa shape index (κ2) is 5.95. The minimum atomic E-state index is -0.474.